The molecule has 25 heavy (non-hydrogen) atoms. The lowest BCUT2D eigenvalue weighted by Gasteiger charge is -2.05. The number of amidine groups is 1. The molecule has 1 heterocycles. The number of halogens is 1. The van der Waals surface area contributed by atoms with Gasteiger partial charge in [-0.3, -0.25) is 4.79 Å². The van der Waals surface area contributed by atoms with Crippen LogP contribution in [-0.2, 0) is 4.79 Å². The third-order valence-corrected chi connectivity index (χ3v) is 4.64. The van der Waals surface area contributed by atoms with E-state index in [1.165, 1.54) is 11.8 Å². The highest BCUT2D eigenvalue weighted by molar-refractivity contribution is 9.10. The van der Waals surface area contributed by atoms with E-state index >= 15 is 0 Å². The fourth-order valence-corrected chi connectivity index (χ4v) is 3.19. The van der Waals surface area contributed by atoms with Crippen molar-refractivity contribution in [2.45, 2.75) is 0 Å². The Morgan fingerprint density at radius 3 is 2.76 bits per heavy atom. The van der Waals surface area contributed by atoms with Gasteiger partial charge in [0, 0.05) is 10.0 Å². The first-order valence-electron chi connectivity index (χ1n) is 7.29. The molecule has 1 aliphatic rings. The van der Waals surface area contributed by atoms with Crippen molar-refractivity contribution in [1.82, 2.24) is 5.32 Å². The van der Waals surface area contributed by atoms with Gasteiger partial charge in [0.15, 0.2) is 11.8 Å². The second-order valence-electron chi connectivity index (χ2n) is 4.94. The molecule has 3 rings (SSSR count). The number of aliphatic imine (C=N–C) groups is 1. The van der Waals surface area contributed by atoms with Gasteiger partial charge >= 0.3 is 0 Å². The zero-order chi connectivity index (χ0) is 17.6. The van der Waals surface area contributed by atoms with Crippen LogP contribution in [0, 0.1) is 11.3 Å². The van der Waals surface area contributed by atoms with Crippen LogP contribution in [0.4, 0.5) is 5.69 Å². The summed E-state index contributed by atoms with van der Waals surface area (Å²) in [5, 5.41) is 11.9. The zero-order valence-electron chi connectivity index (χ0n) is 12.9. The van der Waals surface area contributed by atoms with Crippen molar-refractivity contribution in [2.75, 3.05) is 6.61 Å². The molecule has 7 heteroatoms. The lowest BCUT2D eigenvalue weighted by atomic mass is 10.2. The van der Waals surface area contributed by atoms with Gasteiger partial charge in [0.05, 0.1) is 10.6 Å². The van der Waals surface area contributed by atoms with Gasteiger partial charge in [0.25, 0.3) is 5.91 Å². The molecular weight excluding hydrogens is 402 g/mol. The number of hydrogen-bond donors (Lipinski definition) is 1. The predicted octanol–water partition coefficient (Wildman–Crippen LogP) is 4.24. The molecule has 1 saturated heterocycles. The molecule has 2 aromatic rings. The normalized spacial score (nSPS) is 16.7. The molecule has 0 saturated carbocycles. The van der Waals surface area contributed by atoms with Gasteiger partial charge in [-0.25, -0.2) is 4.99 Å². The molecule has 5 nitrogen and oxygen atoms in total. The summed E-state index contributed by atoms with van der Waals surface area (Å²) in [7, 11) is 0. The van der Waals surface area contributed by atoms with E-state index in [2.05, 4.69) is 26.2 Å². The number of nitrogens with one attached hydrogen (secondary N) is 1. The number of para-hydroxylation sites is 1. The predicted molar refractivity (Wildman–Crippen MR) is 102 cm³/mol. The largest absolute Gasteiger partial charge is 0.478 e. The Morgan fingerprint density at radius 2 is 2.00 bits per heavy atom. The Bertz CT molecular complexity index is 901. The Balaban J connectivity index is 1.82. The Morgan fingerprint density at radius 1 is 1.24 bits per heavy atom. The number of carbonyl (C=O) groups is 1. The van der Waals surface area contributed by atoms with Crippen molar-refractivity contribution in [2.24, 2.45) is 4.99 Å². The van der Waals surface area contributed by atoms with E-state index in [9.17, 15) is 4.79 Å². The smallest absolute Gasteiger partial charge is 0.264 e. The molecule has 0 radical (unpaired) electrons. The van der Waals surface area contributed by atoms with Crippen molar-refractivity contribution in [3.63, 3.8) is 0 Å². The first kappa shape index (κ1) is 17.3. The van der Waals surface area contributed by atoms with Crippen molar-refractivity contribution in [3.05, 3.63) is 63.5 Å². The minimum absolute atomic E-state index is 0.0458. The molecule has 2 aromatic carbocycles. The van der Waals surface area contributed by atoms with Crippen LogP contribution in [-0.4, -0.2) is 17.7 Å². The number of rotatable bonds is 4. The number of thioether (sulfide) groups is 1. The van der Waals surface area contributed by atoms with Gasteiger partial charge < -0.3 is 10.1 Å². The van der Waals surface area contributed by atoms with Crippen molar-refractivity contribution >= 4 is 50.5 Å². The number of hydrogen-bond acceptors (Lipinski definition) is 5. The van der Waals surface area contributed by atoms with Gasteiger partial charge in [-0.05, 0) is 48.2 Å². The molecule has 0 spiro atoms. The Kier molecular flexibility index (Phi) is 5.53. The third-order valence-electron chi connectivity index (χ3n) is 3.21. The van der Waals surface area contributed by atoms with Crippen LogP contribution in [0.2, 0.25) is 0 Å². The molecule has 0 unspecified atom stereocenters. The molecule has 0 atom stereocenters. The average molecular weight is 414 g/mol. The number of carbonyl (C=O) groups excluding carboxylic acids is 1. The van der Waals surface area contributed by atoms with E-state index < -0.39 is 0 Å². The molecule has 1 amide bonds. The second kappa shape index (κ2) is 8.01. The highest BCUT2D eigenvalue weighted by Gasteiger charge is 2.24. The zero-order valence-corrected chi connectivity index (χ0v) is 15.3. The van der Waals surface area contributed by atoms with Crippen LogP contribution in [0.5, 0.6) is 5.75 Å². The quantitative estimate of drug-likeness (QED) is 0.760. The maximum absolute atomic E-state index is 12.2. The number of ether oxygens (including phenoxy) is 1. The first-order valence-corrected chi connectivity index (χ1v) is 8.90. The van der Waals surface area contributed by atoms with Gasteiger partial charge in [0.2, 0.25) is 0 Å². The monoisotopic (exact) mass is 413 g/mol. The fraction of sp³-hybridized carbons (Fsp3) is 0.0556. The molecule has 1 N–H and O–H groups in total. The highest BCUT2D eigenvalue weighted by Crippen LogP contribution is 2.30. The topological polar surface area (TPSA) is 74.5 Å². The van der Waals surface area contributed by atoms with Crippen LogP contribution >= 0.6 is 27.7 Å². The maximum atomic E-state index is 12.2. The SMILES string of the molecule is N#CCOc1ccccc1/C=C1\SC(=Nc2ccc(Br)cc2)NC1=O. The summed E-state index contributed by atoms with van der Waals surface area (Å²) in [6.45, 7) is -0.0458. The minimum Gasteiger partial charge on any atom is -0.478 e. The van der Waals surface area contributed by atoms with Crippen LogP contribution in [0.1, 0.15) is 5.56 Å². The van der Waals surface area contributed by atoms with E-state index in [-0.39, 0.29) is 12.5 Å². The van der Waals surface area contributed by atoms with Gasteiger partial charge in [-0.15, -0.1) is 0 Å². The Hall–Kier alpha value is -2.56. The Labute approximate surface area is 157 Å². The van der Waals surface area contributed by atoms with Crippen LogP contribution in [0.15, 0.2) is 62.9 Å². The minimum atomic E-state index is -0.212. The number of benzene rings is 2. The summed E-state index contributed by atoms with van der Waals surface area (Å²) in [6.07, 6.45) is 1.73. The van der Waals surface area contributed by atoms with Gasteiger partial charge in [-0.1, -0.05) is 34.1 Å². The average Bonchev–Trinajstić information content (AvgIpc) is 2.95. The van der Waals surface area contributed by atoms with Gasteiger partial charge in [-0.2, -0.15) is 5.26 Å². The molecular formula is C18H12BrN3O2S. The number of amides is 1. The summed E-state index contributed by atoms with van der Waals surface area (Å²) in [4.78, 5) is 17.1. The van der Waals surface area contributed by atoms with Crippen molar-refractivity contribution in [3.8, 4) is 11.8 Å². The summed E-state index contributed by atoms with van der Waals surface area (Å²) >= 11 is 4.64. The highest BCUT2D eigenvalue weighted by atomic mass is 79.9. The molecule has 0 aromatic heterocycles. The summed E-state index contributed by atoms with van der Waals surface area (Å²) in [5.41, 5.74) is 1.49. The lowest BCUT2D eigenvalue weighted by Crippen LogP contribution is -2.19. The second-order valence-corrected chi connectivity index (χ2v) is 6.89. The standard InChI is InChI=1S/C18H12BrN3O2S/c19-13-5-7-14(8-6-13)21-18-22-17(23)16(25-18)11-12-3-1-2-4-15(12)24-10-9-20/h1-8,11H,10H2,(H,21,22,23)/b16-11-. The van der Waals surface area contributed by atoms with E-state index in [1.807, 2.05) is 48.5 Å². The maximum Gasteiger partial charge on any atom is 0.264 e. The van der Waals surface area contributed by atoms with Crippen LogP contribution in [0.25, 0.3) is 6.08 Å². The molecule has 0 aliphatic carbocycles. The van der Waals surface area contributed by atoms with E-state index in [0.717, 1.165) is 15.7 Å². The molecule has 0 bridgehead atoms. The molecule has 1 fully saturated rings. The number of nitriles is 1. The summed E-state index contributed by atoms with van der Waals surface area (Å²) < 4.78 is 6.35. The molecule has 1 aliphatic heterocycles. The van der Waals surface area contributed by atoms with Crippen molar-refractivity contribution < 1.29 is 9.53 Å². The summed E-state index contributed by atoms with van der Waals surface area (Å²) in [6, 6.07) is 16.7. The van der Waals surface area contributed by atoms with E-state index in [0.29, 0.717) is 15.8 Å². The molecule has 124 valence electrons. The summed E-state index contributed by atoms with van der Waals surface area (Å²) in [5.74, 6) is 0.346. The van der Waals surface area contributed by atoms with E-state index in [4.69, 9.17) is 10.00 Å². The van der Waals surface area contributed by atoms with Crippen molar-refractivity contribution in [1.29, 1.82) is 5.26 Å². The lowest BCUT2D eigenvalue weighted by molar-refractivity contribution is -0.115. The van der Waals surface area contributed by atoms with Gasteiger partial charge in [0.1, 0.15) is 11.8 Å². The van der Waals surface area contributed by atoms with Crippen LogP contribution < -0.4 is 10.1 Å². The fourth-order valence-electron chi connectivity index (χ4n) is 2.10. The first-order chi connectivity index (χ1) is 12.2. The third kappa shape index (κ3) is 4.50. The van der Waals surface area contributed by atoms with E-state index in [1.54, 1.807) is 12.1 Å². The van der Waals surface area contributed by atoms with Crippen LogP contribution in [0.3, 0.4) is 0 Å². The number of nitrogens with zero attached hydrogens (tertiary/aromatic N) is 2.